The minimum atomic E-state index is -6.51. The maximum Gasteiger partial charge on any atom is 1.00 e. The van der Waals surface area contributed by atoms with Crippen LogP contribution in [0.3, 0.4) is 0 Å². The third-order valence-corrected chi connectivity index (χ3v) is 5.50. The zero-order chi connectivity index (χ0) is 19.4. The van der Waals surface area contributed by atoms with Crippen LogP contribution in [0.1, 0.15) is 40.0 Å². The fourth-order valence-corrected chi connectivity index (χ4v) is 4.08. The van der Waals surface area contributed by atoms with Crippen LogP contribution < -0.4 is 29.6 Å². The van der Waals surface area contributed by atoms with Gasteiger partial charge in [0.15, 0.2) is 10.1 Å². The van der Waals surface area contributed by atoms with Crippen LogP contribution in [0.5, 0.6) is 0 Å². The average molecular weight is 414 g/mol. The van der Waals surface area contributed by atoms with Gasteiger partial charge in [0.25, 0.3) is 0 Å². The molecule has 0 heterocycles. The van der Waals surface area contributed by atoms with Gasteiger partial charge in [-0.05, 0) is 51.9 Å². The molecule has 0 amide bonds. The second-order valence-corrected chi connectivity index (χ2v) is 8.97. The maximum atomic E-state index is 14.0. The van der Waals surface area contributed by atoms with E-state index in [0.29, 0.717) is 0 Å². The summed E-state index contributed by atoms with van der Waals surface area (Å²) in [5.74, 6) is -8.53. The van der Waals surface area contributed by atoms with Crippen LogP contribution in [-0.2, 0) is 19.6 Å². The molecule has 2 aliphatic rings. The third kappa shape index (κ3) is 4.48. The molecule has 0 N–H and O–H groups in total. The molecule has 26 heavy (non-hydrogen) atoms. The summed E-state index contributed by atoms with van der Waals surface area (Å²) in [4.78, 5) is 11.6. The Balaban J connectivity index is 0.00000338. The number of hydrogen-bond donors (Lipinski definition) is 0. The van der Waals surface area contributed by atoms with Crippen molar-refractivity contribution in [3.8, 4) is 0 Å². The van der Waals surface area contributed by atoms with E-state index in [2.05, 4.69) is 0 Å². The molecular formula is C14H19F4NaO6S. The zero-order valence-electron chi connectivity index (χ0n) is 14.8. The number of fused-ring (bicyclic) bond motifs is 2. The van der Waals surface area contributed by atoms with E-state index in [1.165, 1.54) is 0 Å². The summed E-state index contributed by atoms with van der Waals surface area (Å²) in [6.45, 7) is 4.82. The molecule has 0 aromatic rings. The Labute approximate surface area is 171 Å². The summed E-state index contributed by atoms with van der Waals surface area (Å²) < 4.78 is 96.5. The second kappa shape index (κ2) is 7.38. The van der Waals surface area contributed by atoms with Crippen molar-refractivity contribution < 1.29 is 74.4 Å². The molecule has 4 unspecified atom stereocenters. The molecule has 0 spiro atoms. The van der Waals surface area contributed by atoms with Gasteiger partial charge in [-0.25, -0.2) is 13.2 Å². The summed E-state index contributed by atoms with van der Waals surface area (Å²) in [5, 5.41) is -5.68. The number of hydrogen-bond acceptors (Lipinski definition) is 6. The first-order chi connectivity index (χ1) is 11.1. The minimum Gasteiger partial charge on any atom is -0.743 e. The molecule has 2 fully saturated rings. The van der Waals surface area contributed by atoms with Crippen LogP contribution in [0.2, 0.25) is 0 Å². The number of rotatable bonds is 4. The van der Waals surface area contributed by atoms with Gasteiger partial charge in [-0.15, -0.1) is 0 Å². The number of ether oxygens (including phenoxy) is 2. The normalized spacial score (nSPS) is 29.2. The maximum absolute atomic E-state index is 14.0. The van der Waals surface area contributed by atoms with Gasteiger partial charge >= 0.3 is 46.9 Å². The number of carbonyl (C=O) groups is 1. The van der Waals surface area contributed by atoms with Gasteiger partial charge in [0.2, 0.25) is 0 Å². The van der Waals surface area contributed by atoms with Crippen LogP contribution >= 0.6 is 0 Å². The van der Waals surface area contributed by atoms with Crippen LogP contribution in [-0.4, -0.2) is 42.0 Å². The van der Waals surface area contributed by atoms with Gasteiger partial charge in [-0.2, -0.15) is 17.6 Å². The Kier molecular flexibility index (Phi) is 6.80. The smallest absolute Gasteiger partial charge is 0.743 e. The number of carbonyl (C=O) groups excluding carboxylic acids is 1. The van der Waals surface area contributed by atoms with Crippen molar-refractivity contribution in [2.45, 2.75) is 62.9 Å². The predicted octanol–water partition coefficient (Wildman–Crippen LogP) is 0.130. The fraction of sp³-hybridized carbons (Fsp3) is 0.929. The number of halogens is 4. The van der Waals surface area contributed by atoms with E-state index in [4.69, 9.17) is 9.47 Å². The zero-order valence-corrected chi connectivity index (χ0v) is 17.6. The van der Waals surface area contributed by atoms with E-state index < -0.39 is 63.3 Å². The molecule has 2 bridgehead atoms. The van der Waals surface area contributed by atoms with Crippen LogP contribution in [0.15, 0.2) is 0 Å². The first-order valence-corrected chi connectivity index (χ1v) is 9.08. The van der Waals surface area contributed by atoms with Crippen molar-refractivity contribution in [3.05, 3.63) is 0 Å². The summed E-state index contributed by atoms with van der Waals surface area (Å²) >= 11 is 0. The van der Waals surface area contributed by atoms with E-state index >= 15 is 0 Å². The molecule has 4 atom stereocenters. The van der Waals surface area contributed by atoms with E-state index in [-0.39, 0.29) is 42.4 Å². The quantitative estimate of drug-likeness (QED) is 0.281. The molecule has 0 saturated heterocycles. The van der Waals surface area contributed by atoms with Crippen molar-refractivity contribution in [2.24, 2.45) is 17.8 Å². The van der Waals surface area contributed by atoms with Crippen molar-refractivity contribution in [2.75, 3.05) is 0 Å². The van der Waals surface area contributed by atoms with Gasteiger partial charge in [-0.3, -0.25) is 0 Å². The topological polar surface area (TPSA) is 92.7 Å². The molecular weight excluding hydrogens is 395 g/mol. The van der Waals surface area contributed by atoms with Gasteiger partial charge in [0, 0.05) is 5.92 Å². The standard InChI is InChI=1S/C14H20F4O6S.Na/c1-12(2,3)24-11(19)23-10-6-7-4-8(10)5-9(7)13(15,16)14(17,18)25(20,21)22;/h7-10H,4-6H2,1-3H3,(H,20,21,22);/q;+1/p-1. The van der Waals surface area contributed by atoms with E-state index in [9.17, 15) is 35.3 Å². The monoisotopic (exact) mass is 414 g/mol. The van der Waals surface area contributed by atoms with Gasteiger partial charge in [-0.1, -0.05) is 0 Å². The Morgan fingerprint density at radius 3 is 1.96 bits per heavy atom. The molecule has 0 aromatic heterocycles. The van der Waals surface area contributed by atoms with Crippen molar-refractivity contribution in [3.63, 3.8) is 0 Å². The van der Waals surface area contributed by atoms with Crippen molar-refractivity contribution in [1.29, 1.82) is 0 Å². The fourth-order valence-electron chi connectivity index (χ4n) is 3.59. The summed E-state index contributed by atoms with van der Waals surface area (Å²) in [6, 6.07) is 0. The molecule has 0 aliphatic heterocycles. The molecule has 146 valence electrons. The molecule has 2 rings (SSSR count). The van der Waals surface area contributed by atoms with E-state index in [1.807, 2.05) is 0 Å². The molecule has 0 radical (unpaired) electrons. The Morgan fingerprint density at radius 1 is 1.04 bits per heavy atom. The van der Waals surface area contributed by atoms with Crippen molar-refractivity contribution >= 4 is 16.3 Å². The Bertz CT molecular complexity index is 648. The van der Waals surface area contributed by atoms with Crippen molar-refractivity contribution in [1.82, 2.24) is 0 Å². The van der Waals surface area contributed by atoms with Gasteiger partial charge in [0.1, 0.15) is 11.7 Å². The summed E-state index contributed by atoms with van der Waals surface area (Å²) in [7, 11) is -6.51. The van der Waals surface area contributed by atoms with Crippen LogP contribution in [0.4, 0.5) is 22.4 Å². The molecule has 6 nitrogen and oxygen atoms in total. The molecule has 12 heteroatoms. The van der Waals surface area contributed by atoms with Gasteiger partial charge < -0.3 is 14.0 Å². The average Bonchev–Trinajstić information content (AvgIpc) is 2.94. The number of alkyl halides is 4. The Morgan fingerprint density at radius 2 is 1.58 bits per heavy atom. The third-order valence-electron chi connectivity index (χ3n) is 4.60. The molecule has 0 aromatic carbocycles. The largest absolute Gasteiger partial charge is 1.00 e. The van der Waals surface area contributed by atoms with E-state index in [0.717, 1.165) is 0 Å². The molecule has 2 saturated carbocycles. The van der Waals surface area contributed by atoms with Gasteiger partial charge in [0.05, 0.1) is 0 Å². The first-order valence-electron chi connectivity index (χ1n) is 7.67. The molecule has 2 aliphatic carbocycles. The first kappa shape index (κ1) is 23.9. The van der Waals surface area contributed by atoms with Crippen LogP contribution in [0.25, 0.3) is 0 Å². The van der Waals surface area contributed by atoms with Crippen LogP contribution in [0, 0.1) is 17.8 Å². The predicted molar refractivity (Wildman–Crippen MR) is 75.0 cm³/mol. The SMILES string of the molecule is CC(C)(C)OC(=O)OC1CC2CC1CC2C(F)(F)C(F)(F)S(=O)(=O)[O-].[Na+]. The second-order valence-electron chi connectivity index (χ2n) is 7.55. The van der Waals surface area contributed by atoms with E-state index in [1.54, 1.807) is 20.8 Å². The Hall–Kier alpha value is -0.100. The summed E-state index contributed by atoms with van der Waals surface area (Å²) in [5.41, 5.74) is -0.811. The summed E-state index contributed by atoms with van der Waals surface area (Å²) in [6.07, 6.45) is -2.23. The minimum absolute atomic E-state index is 0.